The fraction of sp³-hybridized carbons (Fsp3) is 0.200. The molecule has 0 N–H and O–H groups in total. The Labute approximate surface area is 163 Å². The van der Waals surface area contributed by atoms with Gasteiger partial charge < -0.3 is 4.74 Å². The van der Waals surface area contributed by atoms with Gasteiger partial charge in [0.05, 0.1) is 18.9 Å². The van der Waals surface area contributed by atoms with Crippen LogP contribution < -0.4 is 15.9 Å². The Kier molecular flexibility index (Phi) is 5.82. The Bertz CT molecular complexity index is 762. The second-order valence-electron chi connectivity index (χ2n) is 6.95. The molecule has 1 aliphatic heterocycles. The van der Waals surface area contributed by atoms with Gasteiger partial charge in [-0.1, -0.05) is 66.7 Å². The third-order valence-electron chi connectivity index (χ3n) is 5.31. The minimum absolute atomic E-state index is 0.231. The lowest BCUT2D eigenvalue weighted by atomic mass is 10.2. The zero-order valence-corrected chi connectivity index (χ0v) is 16.5. The predicted octanol–water partition coefficient (Wildman–Crippen LogP) is 4.72. The highest BCUT2D eigenvalue weighted by molar-refractivity contribution is 7.95. The van der Waals surface area contributed by atoms with Crippen molar-refractivity contribution in [2.45, 2.75) is 18.9 Å². The molecule has 0 radical (unpaired) electrons. The summed E-state index contributed by atoms with van der Waals surface area (Å²) in [4.78, 5) is 0. The van der Waals surface area contributed by atoms with Gasteiger partial charge in [-0.3, -0.25) is 0 Å². The number of hydrogen-bond donors (Lipinski definition) is 0. The van der Waals surface area contributed by atoms with Gasteiger partial charge in [-0.05, 0) is 42.8 Å². The minimum atomic E-state index is -1.73. The highest BCUT2D eigenvalue weighted by Crippen LogP contribution is 2.56. The smallest absolute Gasteiger partial charge is 0.112 e. The highest BCUT2D eigenvalue weighted by Gasteiger charge is 2.45. The van der Waals surface area contributed by atoms with E-state index in [1.165, 1.54) is 15.9 Å². The van der Waals surface area contributed by atoms with Crippen LogP contribution in [0, 0.1) is 0 Å². The molecule has 1 unspecified atom stereocenters. The molecular weight excluding hydrogens is 347 g/mol. The summed E-state index contributed by atoms with van der Waals surface area (Å²) in [5.74, 6) is 0. The van der Waals surface area contributed by atoms with Gasteiger partial charge in [0.2, 0.25) is 0 Å². The van der Waals surface area contributed by atoms with Gasteiger partial charge in [-0.15, -0.1) is 0 Å². The zero-order chi connectivity index (χ0) is 18.4. The molecule has 0 saturated carbocycles. The number of hydrogen-bond acceptors (Lipinski definition) is 1. The maximum Gasteiger partial charge on any atom is 0.112 e. The lowest BCUT2D eigenvalue weighted by Crippen LogP contribution is -2.34. The summed E-state index contributed by atoms with van der Waals surface area (Å²) in [6.45, 7) is 0.842. The van der Waals surface area contributed by atoms with Gasteiger partial charge in [0, 0.05) is 6.42 Å². The molecule has 1 aliphatic rings. The third kappa shape index (κ3) is 3.90. The summed E-state index contributed by atoms with van der Waals surface area (Å²) >= 11 is 0. The van der Waals surface area contributed by atoms with Crippen LogP contribution in [0.2, 0.25) is 0 Å². The summed E-state index contributed by atoms with van der Waals surface area (Å²) in [5, 5.41) is 4.34. The van der Waals surface area contributed by atoms with Crippen LogP contribution in [0.3, 0.4) is 0 Å². The molecule has 1 nitrogen and oxygen atoms in total. The first kappa shape index (κ1) is 18.2. The van der Waals surface area contributed by atoms with Gasteiger partial charge >= 0.3 is 0 Å². The molecule has 0 aliphatic carbocycles. The molecule has 27 heavy (non-hydrogen) atoms. The van der Waals surface area contributed by atoms with E-state index in [1.807, 2.05) is 0 Å². The standard InChI is InChI=1S/C25H26OP/c1-4-13-23(14-5-1)27(24-15-6-2-7-16-24,25-17-8-3-9-18-25)21-19-22-12-10-11-20-26-22/h1-10,12-18,22H,11,19-21H2/q+1. The van der Waals surface area contributed by atoms with Crippen molar-refractivity contribution in [2.75, 3.05) is 12.8 Å². The molecule has 0 saturated heterocycles. The van der Waals surface area contributed by atoms with Crippen molar-refractivity contribution < 1.29 is 4.74 Å². The molecule has 3 aromatic carbocycles. The van der Waals surface area contributed by atoms with E-state index >= 15 is 0 Å². The molecule has 1 heterocycles. The fourth-order valence-electron chi connectivity index (χ4n) is 3.97. The number of benzene rings is 3. The average Bonchev–Trinajstić information content (AvgIpc) is 2.77. The van der Waals surface area contributed by atoms with E-state index < -0.39 is 7.26 Å². The molecule has 0 aromatic heterocycles. The Balaban J connectivity index is 1.83. The van der Waals surface area contributed by atoms with E-state index in [1.54, 1.807) is 0 Å². The Morgan fingerprint density at radius 3 is 1.59 bits per heavy atom. The van der Waals surface area contributed by atoms with Crippen molar-refractivity contribution in [3.05, 3.63) is 103 Å². The zero-order valence-electron chi connectivity index (χ0n) is 15.6. The summed E-state index contributed by atoms with van der Waals surface area (Å²) in [6.07, 6.45) is 7.94. The van der Waals surface area contributed by atoms with Crippen LogP contribution in [-0.4, -0.2) is 18.9 Å². The van der Waals surface area contributed by atoms with Gasteiger partial charge in [0.25, 0.3) is 0 Å². The van der Waals surface area contributed by atoms with Crippen molar-refractivity contribution in [3.63, 3.8) is 0 Å². The first-order valence-corrected chi connectivity index (χ1v) is 11.7. The maximum absolute atomic E-state index is 6.01. The van der Waals surface area contributed by atoms with Crippen molar-refractivity contribution in [1.82, 2.24) is 0 Å². The molecule has 4 rings (SSSR count). The van der Waals surface area contributed by atoms with Crippen LogP contribution in [0.4, 0.5) is 0 Å². The number of ether oxygens (including phenoxy) is 1. The van der Waals surface area contributed by atoms with Crippen LogP contribution >= 0.6 is 7.26 Å². The summed E-state index contributed by atoms with van der Waals surface area (Å²) in [6, 6.07) is 33.2. The van der Waals surface area contributed by atoms with Crippen LogP contribution in [0.5, 0.6) is 0 Å². The Morgan fingerprint density at radius 2 is 1.19 bits per heavy atom. The first-order valence-electron chi connectivity index (χ1n) is 9.73. The van der Waals surface area contributed by atoms with Crippen molar-refractivity contribution >= 4 is 23.2 Å². The Morgan fingerprint density at radius 1 is 0.704 bits per heavy atom. The largest absolute Gasteiger partial charge is 0.374 e. The molecule has 1 atom stereocenters. The molecular formula is C25H26OP+. The van der Waals surface area contributed by atoms with Crippen molar-refractivity contribution in [2.24, 2.45) is 0 Å². The molecule has 136 valence electrons. The third-order valence-corrected chi connectivity index (χ3v) is 9.78. The van der Waals surface area contributed by atoms with Crippen LogP contribution in [-0.2, 0) is 4.74 Å². The quantitative estimate of drug-likeness (QED) is 0.449. The van der Waals surface area contributed by atoms with E-state index in [0.29, 0.717) is 0 Å². The van der Waals surface area contributed by atoms with E-state index in [9.17, 15) is 0 Å². The minimum Gasteiger partial charge on any atom is -0.374 e. The van der Waals surface area contributed by atoms with Crippen LogP contribution in [0.25, 0.3) is 0 Å². The summed E-state index contributed by atoms with van der Waals surface area (Å²) < 4.78 is 6.01. The lowest BCUT2D eigenvalue weighted by Gasteiger charge is -2.29. The van der Waals surface area contributed by atoms with Gasteiger partial charge in [0.15, 0.2) is 0 Å². The Hall–Kier alpha value is -2.21. The van der Waals surface area contributed by atoms with E-state index in [4.69, 9.17) is 4.74 Å². The average molecular weight is 373 g/mol. The van der Waals surface area contributed by atoms with Crippen LogP contribution in [0.15, 0.2) is 103 Å². The van der Waals surface area contributed by atoms with E-state index in [0.717, 1.165) is 25.6 Å². The molecule has 0 fully saturated rings. The molecule has 0 bridgehead atoms. The normalized spacial score (nSPS) is 17.0. The topological polar surface area (TPSA) is 9.23 Å². The monoisotopic (exact) mass is 373 g/mol. The van der Waals surface area contributed by atoms with Crippen molar-refractivity contribution in [1.29, 1.82) is 0 Å². The first-order chi connectivity index (χ1) is 13.4. The fourth-order valence-corrected chi connectivity index (χ4v) is 8.33. The maximum atomic E-state index is 6.01. The molecule has 3 aromatic rings. The second-order valence-corrected chi connectivity index (χ2v) is 10.6. The number of rotatable bonds is 6. The molecule has 2 heteroatoms. The van der Waals surface area contributed by atoms with Gasteiger partial charge in [-0.2, -0.15) is 0 Å². The predicted molar refractivity (Wildman–Crippen MR) is 118 cm³/mol. The van der Waals surface area contributed by atoms with Crippen LogP contribution in [0.1, 0.15) is 12.8 Å². The summed E-state index contributed by atoms with van der Waals surface area (Å²) in [7, 11) is -1.73. The van der Waals surface area contributed by atoms with E-state index in [2.05, 4.69) is 103 Å². The SMILES string of the molecule is C1=CC(CC[P+](c2ccccc2)(c2ccccc2)c2ccccc2)OCC1. The highest BCUT2D eigenvalue weighted by atomic mass is 31.2. The van der Waals surface area contributed by atoms with Gasteiger partial charge in [-0.25, -0.2) is 0 Å². The van der Waals surface area contributed by atoms with Gasteiger partial charge in [0.1, 0.15) is 23.2 Å². The van der Waals surface area contributed by atoms with Crippen molar-refractivity contribution in [3.8, 4) is 0 Å². The summed E-state index contributed by atoms with van der Waals surface area (Å²) in [5.41, 5.74) is 0. The second kappa shape index (κ2) is 8.65. The molecule has 0 amide bonds. The molecule has 0 spiro atoms. The lowest BCUT2D eigenvalue weighted by molar-refractivity contribution is 0.0783. The van der Waals surface area contributed by atoms with E-state index in [-0.39, 0.29) is 6.10 Å².